The van der Waals surface area contributed by atoms with Crippen LogP contribution in [0, 0.1) is 0 Å². The van der Waals surface area contributed by atoms with E-state index in [1.54, 1.807) is 0 Å². The maximum absolute atomic E-state index is 12.9. The molecule has 1 amide bonds. The molecule has 2 aliphatic heterocycles. The minimum atomic E-state index is 0.0461. The zero-order chi connectivity index (χ0) is 16.4. The SMILES string of the molecule is O=C(N[C@H]1CCc2nccn2C1)c1ccccc1N1CCCCC1. The van der Waals surface area contributed by atoms with E-state index in [0.717, 1.165) is 49.6 Å². The molecule has 3 heterocycles. The number of fused-ring (bicyclic) bond motifs is 1. The van der Waals surface area contributed by atoms with Crippen LogP contribution in [-0.2, 0) is 13.0 Å². The van der Waals surface area contributed by atoms with Crippen molar-refractivity contribution in [1.82, 2.24) is 14.9 Å². The highest BCUT2D eigenvalue weighted by Crippen LogP contribution is 2.24. The second-order valence-corrected chi connectivity index (χ2v) is 6.77. The van der Waals surface area contributed by atoms with E-state index >= 15 is 0 Å². The fraction of sp³-hybridized carbons (Fsp3) is 0.474. The molecule has 4 rings (SSSR count). The molecule has 1 saturated heterocycles. The van der Waals surface area contributed by atoms with E-state index in [-0.39, 0.29) is 11.9 Å². The van der Waals surface area contributed by atoms with Crippen LogP contribution in [-0.4, -0.2) is 34.6 Å². The van der Waals surface area contributed by atoms with E-state index in [9.17, 15) is 4.79 Å². The maximum Gasteiger partial charge on any atom is 0.253 e. The summed E-state index contributed by atoms with van der Waals surface area (Å²) >= 11 is 0. The standard InChI is InChI=1S/C19H24N4O/c24-19(21-15-8-9-18-20-10-13-23(18)14-15)16-6-2-3-7-17(16)22-11-4-1-5-12-22/h2-3,6-7,10,13,15H,1,4-5,8-9,11-12,14H2,(H,21,24)/t15-/m0/s1. The molecule has 1 aromatic carbocycles. The van der Waals surface area contributed by atoms with Crippen LogP contribution in [0.2, 0.25) is 0 Å². The summed E-state index contributed by atoms with van der Waals surface area (Å²) in [5, 5.41) is 3.23. The van der Waals surface area contributed by atoms with Crippen molar-refractivity contribution in [1.29, 1.82) is 0 Å². The highest BCUT2D eigenvalue weighted by Gasteiger charge is 2.23. The van der Waals surface area contributed by atoms with Gasteiger partial charge in [0.05, 0.1) is 5.56 Å². The molecule has 2 aromatic rings. The minimum absolute atomic E-state index is 0.0461. The first-order valence-corrected chi connectivity index (χ1v) is 8.96. The molecule has 1 atom stereocenters. The van der Waals surface area contributed by atoms with Crippen LogP contribution < -0.4 is 10.2 Å². The highest BCUT2D eigenvalue weighted by atomic mass is 16.1. The summed E-state index contributed by atoms with van der Waals surface area (Å²) in [6, 6.07) is 8.18. The Morgan fingerprint density at radius 3 is 2.88 bits per heavy atom. The van der Waals surface area contributed by atoms with E-state index in [2.05, 4.69) is 25.8 Å². The number of piperidine rings is 1. The number of benzene rings is 1. The molecule has 0 spiro atoms. The number of nitrogens with zero attached hydrogens (tertiary/aromatic N) is 3. The van der Waals surface area contributed by atoms with Crippen molar-refractivity contribution in [2.45, 2.75) is 44.7 Å². The van der Waals surface area contributed by atoms with Gasteiger partial charge in [0, 0.05) is 50.2 Å². The van der Waals surface area contributed by atoms with Gasteiger partial charge in [0.15, 0.2) is 0 Å². The summed E-state index contributed by atoms with van der Waals surface area (Å²) in [4.78, 5) is 19.6. The van der Waals surface area contributed by atoms with Gasteiger partial charge in [-0.15, -0.1) is 0 Å². The van der Waals surface area contributed by atoms with E-state index < -0.39 is 0 Å². The van der Waals surface area contributed by atoms with Crippen LogP contribution in [0.3, 0.4) is 0 Å². The van der Waals surface area contributed by atoms with Crippen LogP contribution in [0.5, 0.6) is 0 Å². The number of aryl methyl sites for hydroxylation is 1. The topological polar surface area (TPSA) is 50.2 Å². The zero-order valence-electron chi connectivity index (χ0n) is 13.9. The first kappa shape index (κ1) is 15.2. The molecule has 5 heteroatoms. The number of aromatic nitrogens is 2. The molecule has 2 aliphatic rings. The van der Waals surface area contributed by atoms with Crippen molar-refractivity contribution in [3.63, 3.8) is 0 Å². The van der Waals surface area contributed by atoms with Gasteiger partial charge in [0.2, 0.25) is 0 Å². The summed E-state index contributed by atoms with van der Waals surface area (Å²) in [6.45, 7) is 2.91. The third kappa shape index (κ3) is 3.03. The van der Waals surface area contributed by atoms with Crippen molar-refractivity contribution in [3.8, 4) is 0 Å². The Balaban J connectivity index is 1.49. The molecular formula is C19H24N4O. The van der Waals surface area contributed by atoms with Gasteiger partial charge in [-0.25, -0.2) is 4.98 Å². The van der Waals surface area contributed by atoms with Crippen molar-refractivity contribution in [2.75, 3.05) is 18.0 Å². The van der Waals surface area contributed by atoms with Crippen LogP contribution in [0.4, 0.5) is 5.69 Å². The Hall–Kier alpha value is -2.30. The molecule has 24 heavy (non-hydrogen) atoms. The molecule has 0 radical (unpaired) electrons. The predicted octanol–water partition coefficient (Wildman–Crippen LogP) is 2.62. The van der Waals surface area contributed by atoms with E-state index in [4.69, 9.17) is 0 Å². The molecule has 5 nitrogen and oxygen atoms in total. The Labute approximate surface area is 142 Å². The maximum atomic E-state index is 12.9. The predicted molar refractivity (Wildman–Crippen MR) is 94.3 cm³/mol. The van der Waals surface area contributed by atoms with Crippen LogP contribution in [0.15, 0.2) is 36.7 Å². The number of carbonyl (C=O) groups excluding carboxylic acids is 1. The van der Waals surface area contributed by atoms with Crippen molar-refractivity contribution < 1.29 is 4.79 Å². The van der Waals surface area contributed by atoms with Gasteiger partial charge in [-0.1, -0.05) is 12.1 Å². The summed E-state index contributed by atoms with van der Waals surface area (Å²) < 4.78 is 2.14. The van der Waals surface area contributed by atoms with Crippen LogP contribution in [0.1, 0.15) is 41.9 Å². The normalized spacial score (nSPS) is 20.5. The van der Waals surface area contributed by atoms with Gasteiger partial charge in [0.1, 0.15) is 5.82 Å². The fourth-order valence-corrected chi connectivity index (χ4v) is 3.82. The van der Waals surface area contributed by atoms with Gasteiger partial charge >= 0.3 is 0 Å². The minimum Gasteiger partial charge on any atom is -0.371 e. The number of amides is 1. The van der Waals surface area contributed by atoms with Crippen LogP contribution in [0.25, 0.3) is 0 Å². The smallest absolute Gasteiger partial charge is 0.253 e. The molecule has 1 N–H and O–H groups in total. The zero-order valence-corrected chi connectivity index (χ0v) is 13.9. The average molecular weight is 324 g/mol. The van der Waals surface area contributed by atoms with Gasteiger partial charge in [0.25, 0.3) is 5.91 Å². The van der Waals surface area contributed by atoms with Gasteiger partial charge in [-0.2, -0.15) is 0 Å². The summed E-state index contributed by atoms with van der Waals surface area (Å²) in [5.74, 6) is 1.17. The number of hydrogen-bond donors (Lipinski definition) is 1. The molecule has 0 unspecified atom stereocenters. The summed E-state index contributed by atoms with van der Waals surface area (Å²) in [7, 11) is 0. The first-order valence-electron chi connectivity index (χ1n) is 8.96. The van der Waals surface area contributed by atoms with Gasteiger partial charge < -0.3 is 14.8 Å². The second-order valence-electron chi connectivity index (χ2n) is 6.77. The third-order valence-corrected chi connectivity index (χ3v) is 5.12. The Morgan fingerprint density at radius 2 is 2.00 bits per heavy atom. The number of carbonyl (C=O) groups is 1. The number of hydrogen-bond acceptors (Lipinski definition) is 3. The quantitative estimate of drug-likeness (QED) is 0.944. The number of rotatable bonds is 3. The Kier molecular flexibility index (Phi) is 4.24. The van der Waals surface area contributed by atoms with Crippen molar-refractivity contribution >= 4 is 11.6 Å². The molecule has 0 aliphatic carbocycles. The van der Waals surface area contributed by atoms with E-state index in [0.29, 0.717) is 0 Å². The second kappa shape index (κ2) is 6.67. The summed E-state index contributed by atoms with van der Waals surface area (Å²) in [6.07, 6.45) is 9.42. The number of imidazole rings is 1. The fourth-order valence-electron chi connectivity index (χ4n) is 3.82. The molecule has 1 aromatic heterocycles. The average Bonchev–Trinajstić information content (AvgIpc) is 3.10. The monoisotopic (exact) mass is 324 g/mol. The lowest BCUT2D eigenvalue weighted by molar-refractivity contribution is 0.0928. The lowest BCUT2D eigenvalue weighted by atomic mass is 10.0. The molecule has 126 valence electrons. The van der Waals surface area contributed by atoms with Crippen molar-refractivity contribution in [3.05, 3.63) is 48.0 Å². The van der Waals surface area contributed by atoms with Gasteiger partial charge in [-0.05, 0) is 37.8 Å². The van der Waals surface area contributed by atoms with Crippen molar-refractivity contribution in [2.24, 2.45) is 0 Å². The lowest BCUT2D eigenvalue weighted by Crippen LogP contribution is -2.41. The summed E-state index contributed by atoms with van der Waals surface area (Å²) in [5.41, 5.74) is 1.88. The Bertz CT molecular complexity index is 718. The molecular weight excluding hydrogens is 300 g/mol. The molecule has 1 fully saturated rings. The van der Waals surface area contributed by atoms with Crippen LogP contribution >= 0.6 is 0 Å². The van der Waals surface area contributed by atoms with E-state index in [1.807, 2.05) is 30.6 Å². The number of nitrogens with one attached hydrogen (secondary N) is 1. The number of anilines is 1. The third-order valence-electron chi connectivity index (χ3n) is 5.12. The first-order chi connectivity index (χ1) is 11.8. The lowest BCUT2D eigenvalue weighted by Gasteiger charge is -2.31. The Morgan fingerprint density at radius 1 is 1.17 bits per heavy atom. The molecule has 0 bridgehead atoms. The number of para-hydroxylation sites is 1. The molecule has 0 saturated carbocycles. The van der Waals surface area contributed by atoms with E-state index in [1.165, 1.54) is 19.3 Å². The highest BCUT2D eigenvalue weighted by molar-refractivity contribution is 6.00. The van der Waals surface area contributed by atoms with Gasteiger partial charge in [-0.3, -0.25) is 4.79 Å². The largest absolute Gasteiger partial charge is 0.371 e.